The third kappa shape index (κ3) is 2.86. The number of rotatable bonds is 3. The van der Waals surface area contributed by atoms with Crippen LogP contribution < -0.4 is 5.73 Å². The van der Waals surface area contributed by atoms with Gasteiger partial charge in [-0.15, -0.1) is 0 Å². The van der Waals surface area contributed by atoms with Crippen LogP contribution in [0.5, 0.6) is 0 Å². The van der Waals surface area contributed by atoms with Crippen LogP contribution in [-0.4, -0.2) is 0 Å². The molecule has 2 N–H and O–H groups in total. The van der Waals surface area contributed by atoms with Crippen molar-refractivity contribution in [3.63, 3.8) is 0 Å². The second-order valence-corrected chi connectivity index (χ2v) is 5.25. The Bertz CT molecular complexity index is 364. The molecule has 94 valence electrons. The summed E-state index contributed by atoms with van der Waals surface area (Å²) in [6.07, 6.45) is 6.08. The first-order chi connectivity index (χ1) is 8.22. The Kier molecular flexibility index (Phi) is 4.16. The third-order valence-corrected chi connectivity index (χ3v) is 4.17. The van der Waals surface area contributed by atoms with E-state index in [0.29, 0.717) is 11.5 Å². The molecule has 1 nitrogen and oxygen atoms in total. The maximum Gasteiger partial charge on any atom is 0.127 e. The van der Waals surface area contributed by atoms with Gasteiger partial charge in [-0.1, -0.05) is 44.4 Å². The molecule has 0 amide bonds. The molecule has 17 heavy (non-hydrogen) atoms. The number of benzene rings is 1. The van der Waals surface area contributed by atoms with Crippen LogP contribution in [0.3, 0.4) is 0 Å². The van der Waals surface area contributed by atoms with Crippen LogP contribution in [0.2, 0.25) is 0 Å². The molecule has 0 bridgehead atoms. The van der Waals surface area contributed by atoms with Gasteiger partial charge < -0.3 is 5.73 Å². The Morgan fingerprint density at radius 1 is 1.35 bits per heavy atom. The van der Waals surface area contributed by atoms with E-state index < -0.39 is 0 Å². The van der Waals surface area contributed by atoms with Crippen molar-refractivity contribution >= 4 is 0 Å². The SMILES string of the molecule is CCC1CCCC(C(N)c2ccccc2F)C1. The van der Waals surface area contributed by atoms with Gasteiger partial charge in [0.1, 0.15) is 5.82 Å². The van der Waals surface area contributed by atoms with Gasteiger partial charge in [-0.25, -0.2) is 4.39 Å². The molecule has 1 aliphatic carbocycles. The molecule has 0 aromatic heterocycles. The highest BCUT2D eigenvalue weighted by Crippen LogP contribution is 2.37. The fourth-order valence-corrected chi connectivity index (χ4v) is 3.03. The number of hydrogen-bond donors (Lipinski definition) is 1. The van der Waals surface area contributed by atoms with Crippen molar-refractivity contribution in [3.05, 3.63) is 35.6 Å². The van der Waals surface area contributed by atoms with Crippen molar-refractivity contribution < 1.29 is 4.39 Å². The van der Waals surface area contributed by atoms with E-state index in [1.165, 1.54) is 25.3 Å². The molecule has 0 heterocycles. The fourth-order valence-electron chi connectivity index (χ4n) is 3.03. The van der Waals surface area contributed by atoms with Gasteiger partial charge in [0.2, 0.25) is 0 Å². The summed E-state index contributed by atoms with van der Waals surface area (Å²) in [4.78, 5) is 0. The summed E-state index contributed by atoms with van der Waals surface area (Å²) < 4.78 is 13.7. The van der Waals surface area contributed by atoms with Crippen LogP contribution in [0.4, 0.5) is 4.39 Å². The molecule has 3 unspecified atom stereocenters. The van der Waals surface area contributed by atoms with E-state index in [4.69, 9.17) is 5.73 Å². The van der Waals surface area contributed by atoms with Crippen molar-refractivity contribution in [1.82, 2.24) is 0 Å². The van der Waals surface area contributed by atoms with Crippen LogP contribution >= 0.6 is 0 Å². The average molecular weight is 235 g/mol. The fraction of sp³-hybridized carbons (Fsp3) is 0.600. The molecule has 1 saturated carbocycles. The summed E-state index contributed by atoms with van der Waals surface area (Å²) in [6, 6.07) is 6.80. The lowest BCUT2D eigenvalue weighted by Gasteiger charge is -2.32. The molecular formula is C15H22FN. The molecule has 1 aliphatic rings. The van der Waals surface area contributed by atoms with E-state index in [1.54, 1.807) is 6.07 Å². The smallest absolute Gasteiger partial charge is 0.127 e. The van der Waals surface area contributed by atoms with E-state index in [9.17, 15) is 4.39 Å². The first kappa shape index (κ1) is 12.6. The number of halogens is 1. The van der Waals surface area contributed by atoms with E-state index in [1.807, 2.05) is 12.1 Å². The van der Waals surface area contributed by atoms with E-state index >= 15 is 0 Å². The predicted molar refractivity (Wildman–Crippen MR) is 69.1 cm³/mol. The molecule has 0 aliphatic heterocycles. The molecule has 1 fully saturated rings. The minimum atomic E-state index is -0.154. The molecule has 1 aromatic rings. The van der Waals surface area contributed by atoms with Gasteiger partial charge in [0.15, 0.2) is 0 Å². The summed E-state index contributed by atoms with van der Waals surface area (Å²) >= 11 is 0. The second kappa shape index (κ2) is 5.63. The highest BCUT2D eigenvalue weighted by molar-refractivity contribution is 5.21. The second-order valence-electron chi connectivity index (χ2n) is 5.25. The Balaban J connectivity index is 2.09. The molecule has 0 spiro atoms. The molecule has 0 radical (unpaired) electrons. The summed E-state index contributed by atoms with van der Waals surface area (Å²) in [7, 11) is 0. The maximum absolute atomic E-state index is 13.7. The summed E-state index contributed by atoms with van der Waals surface area (Å²) in [5, 5.41) is 0. The zero-order valence-electron chi connectivity index (χ0n) is 10.5. The van der Waals surface area contributed by atoms with Gasteiger partial charge in [0.05, 0.1) is 0 Å². The lowest BCUT2D eigenvalue weighted by molar-refractivity contribution is 0.228. The van der Waals surface area contributed by atoms with Crippen LogP contribution in [-0.2, 0) is 0 Å². The monoisotopic (exact) mass is 235 g/mol. The Labute approximate surface area is 103 Å². The normalized spacial score (nSPS) is 26.8. The first-order valence-electron chi connectivity index (χ1n) is 6.72. The van der Waals surface area contributed by atoms with Gasteiger partial charge in [-0.3, -0.25) is 0 Å². The van der Waals surface area contributed by atoms with Crippen molar-refractivity contribution in [2.45, 2.75) is 45.1 Å². The summed E-state index contributed by atoms with van der Waals surface area (Å²) in [5.41, 5.74) is 6.94. The van der Waals surface area contributed by atoms with Gasteiger partial charge >= 0.3 is 0 Å². The molecule has 2 rings (SSSR count). The summed E-state index contributed by atoms with van der Waals surface area (Å²) in [6.45, 7) is 2.24. The molecular weight excluding hydrogens is 213 g/mol. The van der Waals surface area contributed by atoms with Crippen LogP contribution in [0, 0.1) is 17.7 Å². The Hall–Kier alpha value is -0.890. The van der Waals surface area contributed by atoms with Crippen molar-refractivity contribution in [1.29, 1.82) is 0 Å². The van der Waals surface area contributed by atoms with E-state index in [0.717, 1.165) is 18.8 Å². The predicted octanol–water partition coefficient (Wildman–Crippen LogP) is 4.04. The molecule has 0 saturated heterocycles. The van der Waals surface area contributed by atoms with Gasteiger partial charge in [-0.2, -0.15) is 0 Å². The minimum absolute atomic E-state index is 0.134. The van der Waals surface area contributed by atoms with Gasteiger partial charge in [0, 0.05) is 11.6 Å². The first-order valence-corrected chi connectivity index (χ1v) is 6.72. The van der Waals surface area contributed by atoms with Crippen LogP contribution in [0.25, 0.3) is 0 Å². The standard InChI is InChI=1S/C15H22FN/c1-2-11-6-5-7-12(10-11)15(17)13-8-3-4-9-14(13)16/h3-4,8-9,11-12,15H,2,5-7,10,17H2,1H3. The molecule has 2 heteroatoms. The zero-order valence-corrected chi connectivity index (χ0v) is 10.5. The number of nitrogens with two attached hydrogens (primary N) is 1. The summed E-state index contributed by atoms with van der Waals surface area (Å²) in [5.74, 6) is 1.08. The van der Waals surface area contributed by atoms with E-state index in [2.05, 4.69) is 6.92 Å². The van der Waals surface area contributed by atoms with E-state index in [-0.39, 0.29) is 11.9 Å². The van der Waals surface area contributed by atoms with Crippen molar-refractivity contribution in [2.75, 3.05) is 0 Å². The lowest BCUT2D eigenvalue weighted by Crippen LogP contribution is -2.27. The Morgan fingerprint density at radius 2 is 2.12 bits per heavy atom. The molecule has 3 atom stereocenters. The van der Waals surface area contributed by atoms with Crippen LogP contribution in [0.15, 0.2) is 24.3 Å². The largest absolute Gasteiger partial charge is 0.324 e. The number of hydrogen-bond acceptors (Lipinski definition) is 1. The Morgan fingerprint density at radius 3 is 2.82 bits per heavy atom. The van der Waals surface area contributed by atoms with Crippen molar-refractivity contribution in [2.24, 2.45) is 17.6 Å². The average Bonchev–Trinajstić information content (AvgIpc) is 2.38. The van der Waals surface area contributed by atoms with Crippen LogP contribution in [0.1, 0.15) is 50.6 Å². The lowest BCUT2D eigenvalue weighted by atomic mass is 9.75. The molecule has 1 aromatic carbocycles. The quantitative estimate of drug-likeness (QED) is 0.840. The van der Waals surface area contributed by atoms with Gasteiger partial charge in [0.25, 0.3) is 0 Å². The third-order valence-electron chi connectivity index (χ3n) is 4.17. The zero-order chi connectivity index (χ0) is 12.3. The van der Waals surface area contributed by atoms with Gasteiger partial charge in [-0.05, 0) is 30.7 Å². The topological polar surface area (TPSA) is 26.0 Å². The highest BCUT2D eigenvalue weighted by atomic mass is 19.1. The highest BCUT2D eigenvalue weighted by Gasteiger charge is 2.27. The van der Waals surface area contributed by atoms with Crippen molar-refractivity contribution in [3.8, 4) is 0 Å². The minimum Gasteiger partial charge on any atom is -0.324 e. The maximum atomic E-state index is 13.7.